The van der Waals surface area contributed by atoms with Gasteiger partial charge in [0.2, 0.25) is 0 Å². The first-order valence-corrected chi connectivity index (χ1v) is 7.59. The predicted molar refractivity (Wildman–Crippen MR) is 86.2 cm³/mol. The molecule has 0 saturated carbocycles. The van der Waals surface area contributed by atoms with E-state index in [4.69, 9.17) is 4.74 Å². The molecule has 0 N–H and O–H groups in total. The fraction of sp³-hybridized carbons (Fsp3) is 0.333. The van der Waals surface area contributed by atoms with Gasteiger partial charge in [-0.3, -0.25) is 5.01 Å². The second-order valence-corrected chi connectivity index (χ2v) is 5.57. The third-order valence-corrected chi connectivity index (χ3v) is 4.53. The summed E-state index contributed by atoms with van der Waals surface area (Å²) in [7, 11) is 1.71. The van der Waals surface area contributed by atoms with Gasteiger partial charge in [-0.25, -0.2) is 0 Å². The van der Waals surface area contributed by atoms with Gasteiger partial charge in [-0.15, -0.1) is 4.91 Å². The molecule has 1 atom stereocenters. The lowest BCUT2D eigenvalue weighted by molar-refractivity contribution is -0.0420. The van der Waals surface area contributed by atoms with Gasteiger partial charge in [-0.1, -0.05) is 60.7 Å². The van der Waals surface area contributed by atoms with Gasteiger partial charge in [0.25, 0.3) is 0 Å². The zero-order valence-electron chi connectivity index (χ0n) is 12.7. The molecule has 0 radical (unpaired) electrons. The fourth-order valence-corrected chi connectivity index (χ4v) is 3.56. The Hall–Kier alpha value is -2.20. The highest BCUT2D eigenvalue weighted by Gasteiger charge is 2.47. The summed E-state index contributed by atoms with van der Waals surface area (Å²) in [6.45, 7) is 0.680. The zero-order chi connectivity index (χ0) is 15.4. The summed E-state index contributed by atoms with van der Waals surface area (Å²) in [5.74, 6) is 0. The lowest BCUT2D eigenvalue weighted by Gasteiger charge is -2.41. The highest BCUT2D eigenvalue weighted by atomic mass is 16.5. The summed E-state index contributed by atoms with van der Waals surface area (Å²) in [5.41, 5.74) is 1.40. The normalized spacial score (nSPS) is 18.4. The molecule has 1 aliphatic rings. The molecule has 4 nitrogen and oxygen atoms in total. The molecule has 1 saturated heterocycles. The van der Waals surface area contributed by atoms with Gasteiger partial charge in [0.05, 0.1) is 11.3 Å². The van der Waals surface area contributed by atoms with Crippen LogP contribution in [0.25, 0.3) is 0 Å². The highest BCUT2D eigenvalue weighted by molar-refractivity contribution is 5.39. The maximum Gasteiger partial charge on any atom is 0.140 e. The second kappa shape index (κ2) is 6.28. The van der Waals surface area contributed by atoms with Gasteiger partial charge >= 0.3 is 0 Å². The molecule has 1 aliphatic heterocycles. The molecule has 2 aromatic carbocycles. The Bertz CT molecular complexity index is 576. The van der Waals surface area contributed by atoms with E-state index in [2.05, 4.69) is 29.6 Å². The zero-order valence-corrected chi connectivity index (χ0v) is 12.7. The van der Waals surface area contributed by atoms with Crippen LogP contribution in [0, 0.1) is 4.91 Å². The molecule has 4 heteroatoms. The smallest absolute Gasteiger partial charge is 0.140 e. The minimum absolute atomic E-state index is 0.0974. The van der Waals surface area contributed by atoms with Crippen molar-refractivity contribution >= 4 is 0 Å². The Morgan fingerprint density at radius 3 is 2.05 bits per heavy atom. The molecule has 0 aliphatic carbocycles. The number of hydrogen-bond donors (Lipinski definition) is 0. The van der Waals surface area contributed by atoms with Crippen molar-refractivity contribution in [3.05, 3.63) is 76.7 Å². The van der Waals surface area contributed by atoms with E-state index in [1.807, 2.05) is 36.4 Å². The lowest BCUT2D eigenvalue weighted by Crippen LogP contribution is -2.47. The molecule has 22 heavy (non-hydrogen) atoms. The summed E-state index contributed by atoms with van der Waals surface area (Å²) in [6, 6.07) is 20.1. The Kier molecular flexibility index (Phi) is 4.20. The Morgan fingerprint density at radius 2 is 1.59 bits per heavy atom. The number of benzene rings is 2. The van der Waals surface area contributed by atoms with Crippen molar-refractivity contribution in [2.24, 2.45) is 5.29 Å². The monoisotopic (exact) mass is 296 g/mol. The average molecular weight is 296 g/mol. The molecule has 0 amide bonds. The molecular formula is C18H20N2O2. The molecule has 0 spiro atoms. The quantitative estimate of drug-likeness (QED) is 0.790. The van der Waals surface area contributed by atoms with E-state index in [1.54, 1.807) is 12.1 Å². The molecule has 0 aromatic heterocycles. The van der Waals surface area contributed by atoms with Gasteiger partial charge in [-0.2, -0.15) is 0 Å². The van der Waals surface area contributed by atoms with Crippen LogP contribution in [-0.2, 0) is 10.3 Å². The van der Waals surface area contributed by atoms with Crippen molar-refractivity contribution < 1.29 is 4.74 Å². The van der Waals surface area contributed by atoms with Crippen molar-refractivity contribution in [1.29, 1.82) is 0 Å². The van der Waals surface area contributed by atoms with Crippen LogP contribution < -0.4 is 0 Å². The third-order valence-electron chi connectivity index (χ3n) is 4.53. The standard InChI is InChI=1S/C18H20N2O2/c1-22-18(15-9-4-2-5-10-15,16-11-6-3-7-12-16)17-13-8-14-20(17)19-21/h2-7,9-12,17H,8,13-14H2,1H3/t17-/m0/s1. The minimum Gasteiger partial charge on any atom is -0.367 e. The number of nitroso groups, excluding NO2 is 1. The molecule has 114 valence electrons. The van der Waals surface area contributed by atoms with Crippen LogP contribution in [0.1, 0.15) is 24.0 Å². The maximum atomic E-state index is 11.3. The number of ether oxygens (including phenoxy) is 1. The first-order valence-electron chi connectivity index (χ1n) is 7.59. The molecule has 0 bridgehead atoms. The van der Waals surface area contributed by atoms with Crippen molar-refractivity contribution in [1.82, 2.24) is 5.01 Å². The number of rotatable bonds is 5. The van der Waals surface area contributed by atoms with Gasteiger partial charge in [0.1, 0.15) is 5.60 Å². The summed E-state index contributed by atoms with van der Waals surface area (Å²) in [4.78, 5) is 11.3. The minimum atomic E-state index is -0.688. The number of nitrogens with zero attached hydrogens (tertiary/aromatic N) is 2. The van der Waals surface area contributed by atoms with E-state index < -0.39 is 5.60 Å². The summed E-state index contributed by atoms with van der Waals surface area (Å²) in [6.07, 6.45) is 1.82. The molecule has 2 aromatic rings. The molecule has 1 fully saturated rings. The molecule has 1 heterocycles. The van der Waals surface area contributed by atoms with E-state index in [0.717, 1.165) is 24.0 Å². The van der Waals surface area contributed by atoms with Crippen molar-refractivity contribution in [3.8, 4) is 0 Å². The first kappa shape index (κ1) is 14.7. The lowest BCUT2D eigenvalue weighted by atomic mass is 9.79. The molecule has 3 rings (SSSR count). The largest absolute Gasteiger partial charge is 0.367 e. The van der Waals surface area contributed by atoms with Crippen LogP contribution >= 0.6 is 0 Å². The third kappa shape index (κ3) is 2.29. The average Bonchev–Trinajstić information content (AvgIpc) is 3.07. The van der Waals surface area contributed by atoms with Gasteiger partial charge in [-0.05, 0) is 24.0 Å². The summed E-state index contributed by atoms with van der Waals surface area (Å²) in [5, 5.41) is 4.87. The predicted octanol–water partition coefficient (Wildman–Crippen LogP) is 3.72. The molecular weight excluding hydrogens is 276 g/mol. The van der Waals surface area contributed by atoms with Crippen LogP contribution in [0.5, 0.6) is 0 Å². The number of hydrogen-bond acceptors (Lipinski definition) is 3. The van der Waals surface area contributed by atoms with Gasteiger partial charge < -0.3 is 4.74 Å². The molecule has 0 unspecified atom stereocenters. The van der Waals surface area contributed by atoms with Crippen LogP contribution in [0.3, 0.4) is 0 Å². The van der Waals surface area contributed by atoms with Crippen LogP contribution in [0.2, 0.25) is 0 Å². The van der Waals surface area contributed by atoms with E-state index >= 15 is 0 Å². The SMILES string of the molecule is COC(c1ccccc1)(c1ccccc1)[C@@H]1CCCN1N=O. The second-order valence-electron chi connectivity index (χ2n) is 5.57. The van der Waals surface area contributed by atoms with Crippen molar-refractivity contribution in [2.45, 2.75) is 24.5 Å². The van der Waals surface area contributed by atoms with Crippen molar-refractivity contribution in [2.75, 3.05) is 13.7 Å². The Labute approximate surface area is 130 Å². The van der Waals surface area contributed by atoms with Crippen LogP contribution in [-0.4, -0.2) is 24.7 Å². The van der Waals surface area contributed by atoms with E-state index in [9.17, 15) is 4.91 Å². The highest BCUT2D eigenvalue weighted by Crippen LogP contribution is 2.42. The van der Waals surface area contributed by atoms with Crippen molar-refractivity contribution in [3.63, 3.8) is 0 Å². The van der Waals surface area contributed by atoms with Crippen LogP contribution in [0.4, 0.5) is 0 Å². The van der Waals surface area contributed by atoms with Gasteiger partial charge in [0.15, 0.2) is 0 Å². The summed E-state index contributed by atoms with van der Waals surface area (Å²) < 4.78 is 6.09. The van der Waals surface area contributed by atoms with Crippen LogP contribution in [0.15, 0.2) is 65.9 Å². The van der Waals surface area contributed by atoms with E-state index in [1.165, 1.54) is 0 Å². The maximum absolute atomic E-state index is 11.3. The Morgan fingerprint density at radius 1 is 1.05 bits per heavy atom. The van der Waals surface area contributed by atoms with Gasteiger partial charge in [0, 0.05) is 13.7 Å². The summed E-state index contributed by atoms with van der Waals surface area (Å²) >= 11 is 0. The fourth-order valence-electron chi connectivity index (χ4n) is 3.56. The van der Waals surface area contributed by atoms with E-state index in [-0.39, 0.29) is 6.04 Å². The topological polar surface area (TPSA) is 41.9 Å². The van der Waals surface area contributed by atoms with E-state index in [0.29, 0.717) is 6.54 Å². The first-order chi connectivity index (χ1) is 10.8. The Balaban J connectivity index is 2.19. The number of methoxy groups -OCH3 is 1.